The molecule has 0 aliphatic rings. The average molecular weight is 256 g/mol. The van der Waals surface area contributed by atoms with E-state index in [-0.39, 0.29) is 14.3 Å². The second-order valence-electron chi connectivity index (χ2n) is 4.94. The molecule has 92 valence electrons. The van der Waals surface area contributed by atoms with Crippen LogP contribution in [0.3, 0.4) is 0 Å². The Morgan fingerprint density at radius 3 is 2.27 bits per heavy atom. The summed E-state index contributed by atoms with van der Waals surface area (Å²) in [6, 6.07) is 0. The fourth-order valence-corrected chi connectivity index (χ4v) is 5.77. The number of hydrogen-bond donors (Lipinski definition) is 0. The van der Waals surface area contributed by atoms with Gasteiger partial charge in [0.2, 0.25) is 0 Å². The van der Waals surface area contributed by atoms with Crippen LogP contribution in [0.5, 0.6) is 0 Å². The van der Waals surface area contributed by atoms with Crippen LogP contribution in [0.2, 0.25) is 0 Å². The molecule has 0 radical (unpaired) electrons. The van der Waals surface area contributed by atoms with Crippen LogP contribution in [-0.4, -0.2) is 36.2 Å². The van der Waals surface area contributed by atoms with Crippen molar-refractivity contribution in [3.63, 3.8) is 0 Å². The van der Waals surface area contributed by atoms with E-state index < -0.39 is 12.8 Å². The average Bonchev–Trinajstić information content (AvgIpc) is 2.12. The highest BCUT2D eigenvalue weighted by Crippen LogP contribution is 2.55. The molecule has 0 aromatic carbocycles. The Kier molecular flexibility index (Phi) is 7.47. The van der Waals surface area contributed by atoms with Crippen molar-refractivity contribution in [2.45, 2.75) is 50.8 Å². The van der Waals surface area contributed by atoms with Crippen molar-refractivity contribution in [3.8, 4) is 0 Å². The summed E-state index contributed by atoms with van der Waals surface area (Å²) in [6.45, 7) is 10.7. The lowest BCUT2D eigenvalue weighted by atomic mass is 10.3. The smallest absolute Gasteiger partial charge is 0.106 e. The van der Waals surface area contributed by atoms with Gasteiger partial charge >= 0.3 is 0 Å². The molecule has 0 saturated heterocycles. The van der Waals surface area contributed by atoms with Crippen molar-refractivity contribution < 1.29 is 8.78 Å². The highest BCUT2D eigenvalue weighted by atomic mass is 31.2. The molecule has 0 saturated carbocycles. The van der Waals surface area contributed by atoms with Gasteiger partial charge in [-0.3, -0.25) is 4.39 Å². The lowest BCUT2D eigenvalue weighted by molar-refractivity contribution is 0.309. The monoisotopic (exact) mass is 256 g/mol. The van der Waals surface area contributed by atoms with Gasteiger partial charge in [-0.2, -0.15) is 0 Å². The first-order valence-electron chi connectivity index (χ1n) is 5.45. The molecular formula is C11H24F2P2. The van der Waals surface area contributed by atoms with Crippen LogP contribution < -0.4 is 0 Å². The molecule has 0 rings (SSSR count). The van der Waals surface area contributed by atoms with Crippen molar-refractivity contribution >= 4 is 16.5 Å². The lowest BCUT2D eigenvalue weighted by Crippen LogP contribution is -2.16. The maximum Gasteiger partial charge on any atom is 0.106 e. The number of halogens is 2. The molecule has 0 bridgehead atoms. The summed E-state index contributed by atoms with van der Waals surface area (Å²) in [5, 5.41) is 0.936. The van der Waals surface area contributed by atoms with Gasteiger partial charge < -0.3 is 0 Å². The van der Waals surface area contributed by atoms with Crippen LogP contribution >= 0.6 is 16.5 Å². The molecule has 0 aromatic rings. The van der Waals surface area contributed by atoms with Gasteiger partial charge in [0, 0.05) is 6.42 Å². The third kappa shape index (κ3) is 6.80. The third-order valence-electron chi connectivity index (χ3n) is 2.70. The molecule has 0 aromatic heterocycles. The van der Waals surface area contributed by atoms with E-state index in [1.54, 1.807) is 0 Å². The summed E-state index contributed by atoms with van der Waals surface area (Å²) in [5.74, 6) is 0. The van der Waals surface area contributed by atoms with E-state index >= 15 is 0 Å². The molecule has 4 heteroatoms. The maximum atomic E-state index is 13.1. The van der Waals surface area contributed by atoms with E-state index in [2.05, 4.69) is 34.4 Å². The quantitative estimate of drug-likeness (QED) is 0.608. The second-order valence-corrected chi connectivity index (χ2v) is 10.4. The first-order valence-corrected chi connectivity index (χ1v) is 8.59. The van der Waals surface area contributed by atoms with Gasteiger partial charge in [0.05, 0.1) is 6.67 Å². The lowest BCUT2D eigenvalue weighted by Gasteiger charge is -2.33. The Balaban J connectivity index is 3.88. The van der Waals surface area contributed by atoms with Crippen LogP contribution in [0.4, 0.5) is 8.78 Å². The van der Waals surface area contributed by atoms with E-state index in [4.69, 9.17) is 0 Å². The molecule has 0 spiro atoms. The molecule has 0 fully saturated rings. The van der Waals surface area contributed by atoms with E-state index in [0.29, 0.717) is 25.3 Å². The van der Waals surface area contributed by atoms with Gasteiger partial charge in [0.15, 0.2) is 0 Å². The summed E-state index contributed by atoms with van der Waals surface area (Å²) in [4.78, 5) is 0. The first kappa shape index (κ1) is 15.7. The minimum atomic E-state index is -0.931. The molecule has 0 aliphatic carbocycles. The van der Waals surface area contributed by atoms with Gasteiger partial charge in [0.25, 0.3) is 0 Å². The molecule has 15 heavy (non-hydrogen) atoms. The minimum Gasteiger partial charge on any atom is -0.251 e. The van der Waals surface area contributed by atoms with Gasteiger partial charge in [-0.25, -0.2) is 4.39 Å². The van der Waals surface area contributed by atoms with Gasteiger partial charge in [0.1, 0.15) is 6.17 Å². The van der Waals surface area contributed by atoms with E-state index in [1.807, 2.05) is 0 Å². The predicted molar refractivity (Wildman–Crippen MR) is 70.7 cm³/mol. The fourth-order valence-electron chi connectivity index (χ4n) is 1.24. The molecule has 0 amide bonds. The predicted octanol–water partition coefficient (Wildman–Crippen LogP) is 4.62. The van der Waals surface area contributed by atoms with Crippen LogP contribution in [0.25, 0.3) is 0 Å². The van der Waals surface area contributed by atoms with E-state index in [1.165, 1.54) is 0 Å². The molecular weight excluding hydrogens is 232 g/mol. The van der Waals surface area contributed by atoms with Crippen LogP contribution in [0, 0.1) is 0 Å². The third-order valence-corrected chi connectivity index (χ3v) is 8.95. The molecule has 4 atom stereocenters. The maximum absolute atomic E-state index is 13.1. The second kappa shape index (κ2) is 7.13. The van der Waals surface area contributed by atoms with Crippen LogP contribution in [0.1, 0.15) is 34.1 Å². The standard InChI is InChI=1S/C11H24F2P2/c1-9(15(5)11(2,3)4)14-8-10(13)6-7-12/h9-10,14H,6-8H2,1-5H3. The number of alkyl halides is 2. The number of hydrogen-bond acceptors (Lipinski definition) is 0. The van der Waals surface area contributed by atoms with Crippen LogP contribution in [0.15, 0.2) is 0 Å². The van der Waals surface area contributed by atoms with Gasteiger partial charge in [-0.15, -0.1) is 8.58 Å². The van der Waals surface area contributed by atoms with E-state index in [9.17, 15) is 8.78 Å². The zero-order valence-corrected chi connectivity index (χ0v) is 12.4. The summed E-state index contributed by atoms with van der Waals surface area (Å²) in [7, 11) is 0.566. The summed E-state index contributed by atoms with van der Waals surface area (Å²) in [6.07, 6.45) is -0.302. The first-order chi connectivity index (χ1) is 6.79. The van der Waals surface area contributed by atoms with Crippen molar-refractivity contribution in [3.05, 3.63) is 0 Å². The normalized spacial score (nSPS) is 19.4. The van der Waals surface area contributed by atoms with Crippen molar-refractivity contribution in [1.29, 1.82) is 0 Å². The highest BCUT2D eigenvalue weighted by Gasteiger charge is 2.25. The largest absolute Gasteiger partial charge is 0.251 e. The Labute approximate surface area is 96.1 Å². The Morgan fingerprint density at radius 1 is 1.33 bits per heavy atom. The fraction of sp³-hybridized carbons (Fsp3) is 1.00. The molecule has 0 nitrogen and oxygen atoms in total. The van der Waals surface area contributed by atoms with E-state index in [0.717, 1.165) is 0 Å². The summed E-state index contributed by atoms with van der Waals surface area (Å²) in [5.41, 5.74) is 0. The Hall–Kier alpha value is 0.720. The molecule has 0 aliphatic heterocycles. The zero-order chi connectivity index (χ0) is 12.1. The summed E-state index contributed by atoms with van der Waals surface area (Å²) < 4.78 is 25.0. The SMILES string of the molecule is CC(PCC(F)CCF)P(C)C(C)(C)C. The molecule has 0 heterocycles. The Morgan fingerprint density at radius 2 is 1.87 bits per heavy atom. The number of rotatable bonds is 6. The van der Waals surface area contributed by atoms with Gasteiger partial charge in [-0.05, 0) is 23.4 Å². The topological polar surface area (TPSA) is 0 Å². The molecule has 0 N–H and O–H groups in total. The minimum absolute atomic E-state index is 0.0708. The van der Waals surface area contributed by atoms with Gasteiger partial charge in [-0.1, -0.05) is 35.6 Å². The van der Waals surface area contributed by atoms with Crippen LogP contribution in [-0.2, 0) is 0 Å². The molecule has 4 unspecified atom stereocenters. The Bertz CT molecular complexity index is 168. The van der Waals surface area contributed by atoms with Crippen molar-refractivity contribution in [1.82, 2.24) is 0 Å². The zero-order valence-electron chi connectivity index (χ0n) is 10.5. The summed E-state index contributed by atoms with van der Waals surface area (Å²) >= 11 is 0. The highest BCUT2D eigenvalue weighted by molar-refractivity contribution is 7.69. The van der Waals surface area contributed by atoms with Crippen molar-refractivity contribution in [2.24, 2.45) is 0 Å². The van der Waals surface area contributed by atoms with Crippen molar-refractivity contribution in [2.75, 3.05) is 19.5 Å².